The van der Waals surface area contributed by atoms with Crippen LogP contribution in [-0.4, -0.2) is 22.3 Å². The van der Waals surface area contributed by atoms with Crippen LogP contribution >= 0.6 is 0 Å². The Labute approximate surface area is 166 Å². The van der Waals surface area contributed by atoms with Crippen molar-refractivity contribution >= 4 is 5.91 Å². The quantitative estimate of drug-likeness (QED) is 0.614. The summed E-state index contributed by atoms with van der Waals surface area (Å²) in [6.45, 7) is 6.37. The van der Waals surface area contributed by atoms with Crippen molar-refractivity contribution in [1.29, 1.82) is 0 Å². The number of nitrogens with one attached hydrogen (secondary N) is 1. The molecule has 146 valence electrons. The van der Waals surface area contributed by atoms with Crippen LogP contribution in [-0.2, 0) is 30.9 Å². The normalized spacial score (nSPS) is 10.8. The molecule has 0 unspecified atom stereocenters. The number of ether oxygens (including phenoxy) is 1. The largest absolute Gasteiger partial charge is 0.377 e. The fraction of sp³-hybridized carbons (Fsp3) is 0.304. The van der Waals surface area contributed by atoms with E-state index < -0.39 is 0 Å². The number of aromatic nitrogens is 2. The summed E-state index contributed by atoms with van der Waals surface area (Å²) >= 11 is 0. The van der Waals surface area contributed by atoms with Crippen LogP contribution in [0.15, 0.2) is 60.8 Å². The van der Waals surface area contributed by atoms with E-state index in [0.29, 0.717) is 31.9 Å². The molecule has 0 aliphatic carbocycles. The van der Waals surface area contributed by atoms with Gasteiger partial charge in [-0.2, -0.15) is 5.10 Å². The van der Waals surface area contributed by atoms with Gasteiger partial charge in [0.2, 0.25) is 0 Å². The van der Waals surface area contributed by atoms with Gasteiger partial charge in [-0.15, -0.1) is 0 Å². The Kier molecular flexibility index (Phi) is 6.98. The zero-order valence-corrected chi connectivity index (χ0v) is 16.5. The monoisotopic (exact) mass is 377 g/mol. The van der Waals surface area contributed by atoms with Gasteiger partial charge in [0, 0.05) is 13.2 Å². The van der Waals surface area contributed by atoms with E-state index in [0.717, 1.165) is 28.8 Å². The van der Waals surface area contributed by atoms with E-state index in [1.54, 1.807) is 6.20 Å². The van der Waals surface area contributed by atoms with Crippen molar-refractivity contribution in [2.75, 3.05) is 6.61 Å². The van der Waals surface area contributed by atoms with Gasteiger partial charge in [-0.25, -0.2) is 0 Å². The first-order valence-corrected chi connectivity index (χ1v) is 9.74. The fourth-order valence-electron chi connectivity index (χ4n) is 3.22. The number of hydrogen-bond donors (Lipinski definition) is 1. The van der Waals surface area contributed by atoms with E-state index in [1.807, 2.05) is 61.0 Å². The second kappa shape index (κ2) is 9.85. The van der Waals surface area contributed by atoms with Crippen LogP contribution in [0.2, 0.25) is 0 Å². The van der Waals surface area contributed by atoms with Crippen molar-refractivity contribution in [2.45, 2.75) is 40.0 Å². The number of amides is 1. The minimum atomic E-state index is -0.0950. The Balaban J connectivity index is 1.70. The molecule has 1 N–H and O–H groups in total. The van der Waals surface area contributed by atoms with Gasteiger partial charge in [-0.05, 0) is 30.0 Å². The van der Waals surface area contributed by atoms with Crippen molar-refractivity contribution in [3.63, 3.8) is 0 Å². The summed E-state index contributed by atoms with van der Waals surface area (Å²) in [5.41, 5.74) is 4.92. The number of nitrogens with zero attached hydrogens (tertiary/aromatic N) is 2. The van der Waals surface area contributed by atoms with Gasteiger partial charge in [-0.1, -0.05) is 61.5 Å². The zero-order valence-electron chi connectivity index (χ0n) is 16.5. The van der Waals surface area contributed by atoms with E-state index in [2.05, 4.69) is 22.5 Å². The van der Waals surface area contributed by atoms with Gasteiger partial charge in [-0.3, -0.25) is 9.48 Å². The predicted octanol–water partition coefficient (Wildman–Crippen LogP) is 3.96. The van der Waals surface area contributed by atoms with Gasteiger partial charge in [0.15, 0.2) is 0 Å². The molecule has 0 radical (unpaired) electrons. The average molecular weight is 377 g/mol. The highest BCUT2D eigenvalue weighted by atomic mass is 16.5. The molecule has 5 nitrogen and oxygen atoms in total. The standard InChI is InChI=1S/C23H27N3O2/c1-3-22-21(15-25-26(22)16-18-10-6-5-7-11-18)23(27)24-14-19-12-8-9-13-20(19)17-28-4-2/h5-13,15H,3-4,14,16-17H2,1-2H3,(H,24,27). The minimum Gasteiger partial charge on any atom is -0.377 e. The summed E-state index contributed by atoms with van der Waals surface area (Å²) in [6, 6.07) is 18.2. The third kappa shape index (κ3) is 4.87. The highest BCUT2D eigenvalue weighted by Crippen LogP contribution is 2.14. The topological polar surface area (TPSA) is 56.1 Å². The molecular formula is C23H27N3O2. The van der Waals surface area contributed by atoms with Crippen molar-refractivity contribution in [3.05, 3.63) is 88.7 Å². The Bertz CT molecular complexity index is 903. The van der Waals surface area contributed by atoms with Crippen LogP contribution in [0.3, 0.4) is 0 Å². The fourth-order valence-corrected chi connectivity index (χ4v) is 3.22. The second-order valence-corrected chi connectivity index (χ2v) is 6.59. The molecule has 28 heavy (non-hydrogen) atoms. The minimum absolute atomic E-state index is 0.0950. The molecule has 0 aliphatic heterocycles. The maximum Gasteiger partial charge on any atom is 0.255 e. The number of rotatable bonds is 9. The highest BCUT2D eigenvalue weighted by molar-refractivity contribution is 5.95. The predicted molar refractivity (Wildman–Crippen MR) is 110 cm³/mol. The Hall–Kier alpha value is -2.92. The third-order valence-corrected chi connectivity index (χ3v) is 4.72. The van der Waals surface area contributed by atoms with E-state index in [4.69, 9.17) is 4.74 Å². The molecule has 1 aromatic heterocycles. The molecule has 1 heterocycles. The maximum absolute atomic E-state index is 12.8. The smallest absolute Gasteiger partial charge is 0.255 e. The molecule has 0 saturated heterocycles. The summed E-state index contributed by atoms with van der Waals surface area (Å²) in [6.07, 6.45) is 2.42. The molecule has 5 heteroatoms. The summed E-state index contributed by atoms with van der Waals surface area (Å²) in [4.78, 5) is 12.8. The SMILES string of the molecule is CCOCc1ccccc1CNC(=O)c1cnn(Cc2ccccc2)c1CC. The van der Waals surface area contributed by atoms with Gasteiger partial charge in [0.05, 0.1) is 30.6 Å². The van der Waals surface area contributed by atoms with E-state index in [-0.39, 0.29) is 5.91 Å². The Morgan fingerprint density at radius 3 is 2.46 bits per heavy atom. The summed E-state index contributed by atoms with van der Waals surface area (Å²) in [5.74, 6) is -0.0950. The third-order valence-electron chi connectivity index (χ3n) is 4.72. The molecule has 0 bridgehead atoms. The van der Waals surface area contributed by atoms with Crippen LogP contribution in [0.4, 0.5) is 0 Å². The van der Waals surface area contributed by atoms with Gasteiger partial charge >= 0.3 is 0 Å². The first-order chi connectivity index (χ1) is 13.7. The summed E-state index contributed by atoms with van der Waals surface area (Å²) in [7, 11) is 0. The Morgan fingerprint density at radius 1 is 1.04 bits per heavy atom. The van der Waals surface area contributed by atoms with Crippen molar-refractivity contribution in [3.8, 4) is 0 Å². The van der Waals surface area contributed by atoms with Crippen molar-refractivity contribution < 1.29 is 9.53 Å². The first kappa shape index (κ1) is 19.8. The molecular weight excluding hydrogens is 350 g/mol. The van der Waals surface area contributed by atoms with Crippen LogP contribution in [0.25, 0.3) is 0 Å². The van der Waals surface area contributed by atoms with E-state index in [1.165, 1.54) is 0 Å². The molecule has 0 aliphatic rings. The molecule has 0 atom stereocenters. The number of carbonyl (C=O) groups excluding carboxylic acids is 1. The molecule has 3 aromatic rings. The molecule has 1 amide bonds. The number of carbonyl (C=O) groups is 1. The van der Waals surface area contributed by atoms with Gasteiger partial charge < -0.3 is 10.1 Å². The second-order valence-electron chi connectivity index (χ2n) is 6.59. The van der Waals surface area contributed by atoms with E-state index in [9.17, 15) is 4.79 Å². The summed E-state index contributed by atoms with van der Waals surface area (Å²) in [5, 5.41) is 7.49. The van der Waals surface area contributed by atoms with Gasteiger partial charge in [0.1, 0.15) is 0 Å². The molecule has 0 saturated carbocycles. The first-order valence-electron chi connectivity index (χ1n) is 9.74. The van der Waals surface area contributed by atoms with Crippen LogP contribution in [0.5, 0.6) is 0 Å². The Morgan fingerprint density at radius 2 is 1.75 bits per heavy atom. The van der Waals surface area contributed by atoms with Gasteiger partial charge in [0.25, 0.3) is 5.91 Å². The molecule has 0 fully saturated rings. The lowest BCUT2D eigenvalue weighted by Gasteiger charge is -2.11. The summed E-state index contributed by atoms with van der Waals surface area (Å²) < 4.78 is 7.43. The number of hydrogen-bond acceptors (Lipinski definition) is 3. The molecule has 2 aromatic carbocycles. The average Bonchev–Trinajstić information content (AvgIpc) is 3.14. The van der Waals surface area contributed by atoms with Crippen molar-refractivity contribution in [1.82, 2.24) is 15.1 Å². The van der Waals surface area contributed by atoms with Crippen LogP contribution < -0.4 is 5.32 Å². The van der Waals surface area contributed by atoms with Crippen LogP contribution in [0.1, 0.15) is 46.6 Å². The lowest BCUT2D eigenvalue weighted by atomic mass is 10.1. The molecule has 3 rings (SSSR count). The number of benzene rings is 2. The lowest BCUT2D eigenvalue weighted by molar-refractivity contribution is 0.0948. The maximum atomic E-state index is 12.8. The lowest BCUT2D eigenvalue weighted by Crippen LogP contribution is -2.24. The zero-order chi connectivity index (χ0) is 19.8. The van der Waals surface area contributed by atoms with Crippen LogP contribution in [0, 0.1) is 0 Å². The van der Waals surface area contributed by atoms with Crippen molar-refractivity contribution in [2.24, 2.45) is 0 Å². The van der Waals surface area contributed by atoms with E-state index >= 15 is 0 Å². The highest BCUT2D eigenvalue weighted by Gasteiger charge is 2.16. The molecule has 0 spiro atoms.